The van der Waals surface area contributed by atoms with Gasteiger partial charge >= 0.3 is 11.9 Å². The Hall–Kier alpha value is -1.48. The number of carbonyl (C=O) groups is 2. The third kappa shape index (κ3) is 23.6. The molecule has 0 aliphatic heterocycles. The van der Waals surface area contributed by atoms with Crippen LogP contribution in [0.3, 0.4) is 0 Å². The summed E-state index contributed by atoms with van der Waals surface area (Å²) in [5.41, 5.74) is 0. The van der Waals surface area contributed by atoms with Crippen molar-refractivity contribution in [2.45, 2.75) is 0 Å². The fourth-order valence-electron chi connectivity index (χ4n) is 0.0940. The van der Waals surface area contributed by atoms with Gasteiger partial charge in [0.25, 0.3) is 0 Å². The summed E-state index contributed by atoms with van der Waals surface area (Å²) in [5.74, 6) is -2.06. The number of carboxylic acids is 2. The fourth-order valence-corrected chi connectivity index (χ4v) is 0.282. The molecule has 0 aromatic heterocycles. The predicted octanol–water partition coefficient (Wildman–Crippen LogP) is 0.542. The second-order valence-corrected chi connectivity index (χ2v) is 2.08. The highest BCUT2D eigenvalue weighted by atomic mass is 32.2. The van der Waals surface area contributed by atoms with Crippen molar-refractivity contribution in [2.24, 2.45) is 0 Å². The number of aliphatic carboxylic acids is 2. The molecule has 5 nitrogen and oxygen atoms in total. The van der Waals surface area contributed by atoms with Crippen molar-refractivity contribution in [1.29, 1.82) is 5.26 Å². The molecular formula is C6H7NO4S. The normalized spacial score (nSPS) is 6.92. The zero-order chi connectivity index (χ0) is 9.98. The molecule has 0 saturated carbocycles. The van der Waals surface area contributed by atoms with Crippen LogP contribution in [-0.2, 0) is 9.59 Å². The van der Waals surface area contributed by atoms with Crippen molar-refractivity contribution in [1.82, 2.24) is 0 Å². The topological polar surface area (TPSA) is 98.4 Å². The van der Waals surface area contributed by atoms with Gasteiger partial charge in [-0.15, -0.1) is 0 Å². The Bertz CT molecular complexity index is 208. The molecule has 0 spiro atoms. The van der Waals surface area contributed by atoms with Crippen molar-refractivity contribution in [3.63, 3.8) is 0 Å². The van der Waals surface area contributed by atoms with E-state index in [1.165, 1.54) is 0 Å². The molecule has 0 saturated heterocycles. The van der Waals surface area contributed by atoms with Gasteiger partial charge in [0.1, 0.15) is 11.2 Å². The first kappa shape index (κ1) is 13.1. The average Bonchev–Trinajstić information content (AvgIpc) is 2.02. The highest BCUT2D eigenvalue weighted by Crippen LogP contribution is 1.92. The lowest BCUT2D eigenvalue weighted by Gasteiger charge is -1.77. The molecule has 0 heterocycles. The molecule has 0 aliphatic rings. The standard InChI is InChI=1S/C3H3NO2S.C3H4O2/c4-2-7-1-3(5)6;1-2-3(4)5/h1H2,(H,5,6);2H,1H2,(H,4,5). The van der Waals surface area contributed by atoms with Gasteiger partial charge in [0.15, 0.2) is 0 Å². The van der Waals surface area contributed by atoms with Crippen molar-refractivity contribution < 1.29 is 19.8 Å². The van der Waals surface area contributed by atoms with E-state index in [2.05, 4.69) is 6.58 Å². The van der Waals surface area contributed by atoms with Crippen molar-refractivity contribution in [3.8, 4) is 5.40 Å². The predicted molar refractivity (Wildman–Crippen MR) is 43.5 cm³/mol. The van der Waals surface area contributed by atoms with Crippen LogP contribution < -0.4 is 0 Å². The monoisotopic (exact) mass is 189 g/mol. The Kier molecular flexibility index (Phi) is 10.4. The van der Waals surface area contributed by atoms with Crippen molar-refractivity contribution in [2.75, 3.05) is 5.75 Å². The molecule has 2 N–H and O–H groups in total. The van der Waals surface area contributed by atoms with E-state index in [4.69, 9.17) is 15.5 Å². The minimum Gasteiger partial charge on any atom is -0.481 e. The molecule has 0 atom stereocenters. The Labute approximate surface area is 73.3 Å². The Morgan fingerprint density at radius 1 is 1.58 bits per heavy atom. The SMILES string of the molecule is C=CC(=O)O.N#CSCC(=O)O. The van der Waals surface area contributed by atoms with Gasteiger partial charge in [-0.25, -0.2) is 4.79 Å². The highest BCUT2D eigenvalue weighted by Gasteiger charge is 1.91. The van der Waals surface area contributed by atoms with E-state index in [9.17, 15) is 9.59 Å². The molecule has 6 heteroatoms. The number of thioether (sulfide) groups is 1. The van der Waals surface area contributed by atoms with Crippen LogP contribution in [-0.4, -0.2) is 27.9 Å². The van der Waals surface area contributed by atoms with E-state index < -0.39 is 11.9 Å². The third-order valence-corrected chi connectivity index (χ3v) is 0.955. The van der Waals surface area contributed by atoms with Crippen molar-refractivity contribution in [3.05, 3.63) is 12.7 Å². The lowest BCUT2D eigenvalue weighted by molar-refractivity contribution is -0.134. The third-order valence-electron chi connectivity index (χ3n) is 0.435. The molecule has 0 aliphatic carbocycles. The molecule has 0 rings (SSSR count). The fraction of sp³-hybridized carbons (Fsp3) is 0.167. The van der Waals surface area contributed by atoms with Gasteiger partial charge in [0, 0.05) is 6.08 Å². The number of carboxylic acid groups (broad SMARTS) is 2. The van der Waals surface area contributed by atoms with Gasteiger partial charge in [-0.05, 0) is 11.8 Å². The minimum atomic E-state index is -0.981. The minimum absolute atomic E-state index is 0.128. The Morgan fingerprint density at radius 3 is 2.08 bits per heavy atom. The summed E-state index contributed by atoms with van der Waals surface area (Å²) >= 11 is 0.722. The van der Waals surface area contributed by atoms with Gasteiger partial charge in [0.05, 0.1) is 0 Å². The summed E-state index contributed by atoms with van der Waals surface area (Å²) in [5, 5.41) is 24.9. The van der Waals surface area contributed by atoms with Crippen LogP contribution in [0.2, 0.25) is 0 Å². The lowest BCUT2D eigenvalue weighted by Crippen LogP contribution is -1.95. The number of hydrogen-bond donors (Lipinski definition) is 2. The van der Waals surface area contributed by atoms with E-state index in [0.29, 0.717) is 0 Å². The van der Waals surface area contributed by atoms with Crippen LogP contribution in [0, 0.1) is 10.7 Å². The maximum absolute atomic E-state index is 9.59. The maximum atomic E-state index is 9.59. The molecule has 12 heavy (non-hydrogen) atoms. The van der Waals surface area contributed by atoms with Crippen LogP contribution in [0.15, 0.2) is 12.7 Å². The second kappa shape index (κ2) is 9.52. The van der Waals surface area contributed by atoms with Crippen LogP contribution in [0.1, 0.15) is 0 Å². The highest BCUT2D eigenvalue weighted by molar-refractivity contribution is 8.04. The summed E-state index contributed by atoms with van der Waals surface area (Å²) in [7, 11) is 0. The smallest absolute Gasteiger partial charge is 0.327 e. The van der Waals surface area contributed by atoms with Crippen LogP contribution >= 0.6 is 11.8 Å². The van der Waals surface area contributed by atoms with Gasteiger partial charge in [-0.2, -0.15) is 5.26 Å². The van der Waals surface area contributed by atoms with E-state index in [0.717, 1.165) is 17.8 Å². The molecular weight excluding hydrogens is 182 g/mol. The van der Waals surface area contributed by atoms with Crippen LogP contribution in [0.4, 0.5) is 0 Å². The molecule has 0 amide bonds. The lowest BCUT2D eigenvalue weighted by atomic mass is 10.7. The van der Waals surface area contributed by atoms with Crippen LogP contribution in [0.5, 0.6) is 0 Å². The van der Waals surface area contributed by atoms with Gasteiger partial charge in [-0.3, -0.25) is 4.79 Å². The second-order valence-electron chi connectivity index (χ2n) is 1.32. The number of nitriles is 1. The van der Waals surface area contributed by atoms with Gasteiger partial charge in [0.2, 0.25) is 0 Å². The Morgan fingerprint density at radius 2 is 2.00 bits per heavy atom. The molecule has 0 aromatic rings. The largest absolute Gasteiger partial charge is 0.481 e. The molecule has 0 aromatic carbocycles. The van der Waals surface area contributed by atoms with Gasteiger partial charge < -0.3 is 10.2 Å². The zero-order valence-electron chi connectivity index (χ0n) is 6.06. The number of thiocyanates is 1. The first-order valence-corrected chi connectivity index (χ1v) is 3.61. The van der Waals surface area contributed by atoms with E-state index >= 15 is 0 Å². The van der Waals surface area contributed by atoms with E-state index in [1.807, 2.05) is 0 Å². The number of hydrogen-bond acceptors (Lipinski definition) is 4. The van der Waals surface area contributed by atoms with Crippen molar-refractivity contribution >= 4 is 23.7 Å². The van der Waals surface area contributed by atoms with E-state index in [1.54, 1.807) is 5.40 Å². The first-order valence-electron chi connectivity index (χ1n) is 2.62. The average molecular weight is 189 g/mol. The summed E-state index contributed by atoms with van der Waals surface area (Å²) in [6.45, 7) is 2.96. The first-order chi connectivity index (χ1) is 5.54. The Balaban J connectivity index is 0. The molecule has 0 radical (unpaired) electrons. The maximum Gasteiger partial charge on any atom is 0.327 e. The summed E-state index contributed by atoms with van der Waals surface area (Å²) in [6, 6.07) is 0. The molecule has 0 unspecified atom stereocenters. The number of nitrogens with zero attached hydrogens (tertiary/aromatic N) is 1. The molecule has 66 valence electrons. The summed E-state index contributed by atoms with van der Waals surface area (Å²) in [6.07, 6.45) is 0.833. The van der Waals surface area contributed by atoms with Crippen LogP contribution in [0.25, 0.3) is 0 Å². The molecule has 0 fully saturated rings. The van der Waals surface area contributed by atoms with Gasteiger partial charge in [-0.1, -0.05) is 6.58 Å². The molecule has 0 bridgehead atoms. The number of rotatable bonds is 3. The summed E-state index contributed by atoms with van der Waals surface area (Å²) in [4.78, 5) is 18.8. The quantitative estimate of drug-likeness (QED) is 0.496. The van der Waals surface area contributed by atoms with E-state index in [-0.39, 0.29) is 5.75 Å². The zero-order valence-corrected chi connectivity index (χ0v) is 6.87. The summed E-state index contributed by atoms with van der Waals surface area (Å²) < 4.78 is 0.